The Morgan fingerprint density at radius 2 is 1.77 bits per heavy atom. The highest BCUT2D eigenvalue weighted by Crippen LogP contribution is 2.31. The van der Waals surface area contributed by atoms with Crippen molar-refractivity contribution < 1.29 is 24.2 Å². The van der Waals surface area contributed by atoms with Gasteiger partial charge in [-0.25, -0.2) is 4.79 Å². The zero-order valence-corrected chi connectivity index (χ0v) is 12.6. The van der Waals surface area contributed by atoms with Gasteiger partial charge in [-0.2, -0.15) is 0 Å². The molecule has 0 aliphatic heterocycles. The lowest BCUT2D eigenvalue weighted by Gasteiger charge is -2.18. The predicted octanol–water partition coefficient (Wildman–Crippen LogP) is 2.60. The minimum atomic E-state index is -1.03. The van der Waals surface area contributed by atoms with E-state index in [4.69, 9.17) is 9.47 Å². The molecular weight excluding hydrogens is 286 g/mol. The SMILES string of the molecule is COc1ccc(OC)c(NC(=O)C2=C(C(=O)O)CCCC2)c1. The molecule has 0 aromatic heterocycles. The number of methoxy groups -OCH3 is 2. The summed E-state index contributed by atoms with van der Waals surface area (Å²) in [5.41, 5.74) is 0.990. The number of benzene rings is 1. The molecule has 2 N–H and O–H groups in total. The molecule has 1 aliphatic rings. The molecule has 2 rings (SSSR count). The number of rotatable bonds is 5. The maximum absolute atomic E-state index is 12.4. The van der Waals surface area contributed by atoms with Crippen LogP contribution in [0.3, 0.4) is 0 Å². The third kappa shape index (κ3) is 3.39. The van der Waals surface area contributed by atoms with Crippen LogP contribution in [0.1, 0.15) is 25.7 Å². The van der Waals surface area contributed by atoms with Crippen LogP contribution in [-0.2, 0) is 9.59 Å². The normalized spacial score (nSPS) is 14.5. The number of carboxylic acid groups (broad SMARTS) is 1. The van der Waals surface area contributed by atoms with E-state index in [1.807, 2.05) is 0 Å². The maximum atomic E-state index is 12.4. The zero-order valence-electron chi connectivity index (χ0n) is 12.6. The Bertz CT molecular complexity index is 621. The maximum Gasteiger partial charge on any atom is 0.332 e. The molecule has 1 aliphatic carbocycles. The number of carboxylic acids is 1. The van der Waals surface area contributed by atoms with Gasteiger partial charge in [-0.15, -0.1) is 0 Å². The van der Waals surface area contributed by atoms with Crippen molar-refractivity contribution in [2.45, 2.75) is 25.7 Å². The Morgan fingerprint density at radius 1 is 1.09 bits per heavy atom. The van der Waals surface area contributed by atoms with Crippen LogP contribution >= 0.6 is 0 Å². The van der Waals surface area contributed by atoms with Gasteiger partial charge < -0.3 is 19.9 Å². The molecule has 0 spiro atoms. The highest BCUT2D eigenvalue weighted by Gasteiger charge is 2.24. The number of hydrogen-bond donors (Lipinski definition) is 2. The van der Waals surface area contributed by atoms with Gasteiger partial charge in [0.15, 0.2) is 0 Å². The first-order valence-electron chi connectivity index (χ1n) is 7.05. The fraction of sp³-hybridized carbons (Fsp3) is 0.375. The second-order valence-electron chi connectivity index (χ2n) is 4.99. The van der Waals surface area contributed by atoms with Crippen molar-refractivity contribution in [2.75, 3.05) is 19.5 Å². The predicted molar refractivity (Wildman–Crippen MR) is 81.3 cm³/mol. The van der Waals surface area contributed by atoms with Crippen LogP contribution in [0, 0.1) is 0 Å². The summed E-state index contributed by atoms with van der Waals surface area (Å²) in [6.07, 6.45) is 2.50. The van der Waals surface area contributed by atoms with Gasteiger partial charge in [0, 0.05) is 17.2 Å². The third-order valence-corrected chi connectivity index (χ3v) is 3.65. The van der Waals surface area contributed by atoms with Crippen molar-refractivity contribution in [3.05, 3.63) is 29.3 Å². The van der Waals surface area contributed by atoms with Gasteiger partial charge in [0.1, 0.15) is 11.5 Å². The van der Waals surface area contributed by atoms with E-state index in [2.05, 4.69) is 5.32 Å². The summed E-state index contributed by atoms with van der Waals surface area (Å²) < 4.78 is 10.3. The highest BCUT2D eigenvalue weighted by atomic mass is 16.5. The molecule has 118 valence electrons. The second-order valence-corrected chi connectivity index (χ2v) is 4.99. The first-order chi connectivity index (χ1) is 10.6. The van der Waals surface area contributed by atoms with E-state index in [0.717, 1.165) is 12.8 Å². The number of amides is 1. The van der Waals surface area contributed by atoms with Gasteiger partial charge >= 0.3 is 5.97 Å². The van der Waals surface area contributed by atoms with Gasteiger partial charge in [-0.05, 0) is 37.8 Å². The summed E-state index contributed by atoms with van der Waals surface area (Å²) in [4.78, 5) is 23.7. The van der Waals surface area contributed by atoms with Crippen molar-refractivity contribution in [2.24, 2.45) is 0 Å². The van der Waals surface area contributed by atoms with E-state index in [9.17, 15) is 14.7 Å². The van der Waals surface area contributed by atoms with Crippen LogP contribution in [-0.4, -0.2) is 31.2 Å². The molecule has 0 atom stereocenters. The molecule has 6 heteroatoms. The Morgan fingerprint density at radius 3 is 2.36 bits per heavy atom. The lowest BCUT2D eigenvalue weighted by Crippen LogP contribution is -2.21. The van der Waals surface area contributed by atoms with Crippen LogP contribution in [0.15, 0.2) is 29.3 Å². The number of carbonyl (C=O) groups excluding carboxylic acids is 1. The molecule has 0 unspecified atom stereocenters. The number of hydrogen-bond acceptors (Lipinski definition) is 4. The topological polar surface area (TPSA) is 84.9 Å². The quantitative estimate of drug-likeness (QED) is 0.873. The Balaban J connectivity index is 2.30. The van der Waals surface area contributed by atoms with Crippen LogP contribution < -0.4 is 14.8 Å². The van der Waals surface area contributed by atoms with E-state index in [0.29, 0.717) is 35.6 Å². The summed E-state index contributed by atoms with van der Waals surface area (Å²) >= 11 is 0. The minimum absolute atomic E-state index is 0.200. The van der Waals surface area contributed by atoms with E-state index < -0.39 is 11.9 Å². The lowest BCUT2D eigenvalue weighted by atomic mass is 9.91. The summed E-state index contributed by atoms with van der Waals surface area (Å²) in [5, 5.41) is 11.9. The van der Waals surface area contributed by atoms with Gasteiger partial charge in [-0.3, -0.25) is 4.79 Å². The number of ether oxygens (including phenoxy) is 2. The van der Waals surface area contributed by atoms with Gasteiger partial charge in [0.25, 0.3) is 5.91 Å². The minimum Gasteiger partial charge on any atom is -0.497 e. The summed E-state index contributed by atoms with van der Waals surface area (Å²) in [6.45, 7) is 0. The molecule has 1 aromatic carbocycles. The van der Waals surface area contributed by atoms with Crippen LogP contribution in [0.4, 0.5) is 5.69 Å². The first kappa shape index (κ1) is 15.9. The monoisotopic (exact) mass is 305 g/mol. The molecule has 1 amide bonds. The molecule has 6 nitrogen and oxygen atoms in total. The summed E-state index contributed by atoms with van der Waals surface area (Å²) in [5.74, 6) is -0.360. The standard InChI is InChI=1S/C16H19NO5/c1-21-10-7-8-14(22-2)13(9-10)17-15(18)11-5-3-4-6-12(11)16(19)20/h7-9H,3-6H2,1-2H3,(H,17,18)(H,19,20). The average Bonchev–Trinajstić information content (AvgIpc) is 2.54. The van der Waals surface area contributed by atoms with E-state index in [1.165, 1.54) is 14.2 Å². The first-order valence-corrected chi connectivity index (χ1v) is 7.05. The number of carbonyl (C=O) groups is 2. The molecule has 0 bridgehead atoms. The molecule has 0 radical (unpaired) electrons. The number of aliphatic carboxylic acids is 1. The smallest absolute Gasteiger partial charge is 0.332 e. The molecule has 22 heavy (non-hydrogen) atoms. The molecule has 1 aromatic rings. The second kappa shape index (κ2) is 6.98. The Hall–Kier alpha value is -2.50. The summed E-state index contributed by atoms with van der Waals surface area (Å²) in [7, 11) is 3.03. The lowest BCUT2D eigenvalue weighted by molar-refractivity contribution is -0.133. The average molecular weight is 305 g/mol. The van der Waals surface area contributed by atoms with E-state index in [1.54, 1.807) is 18.2 Å². The van der Waals surface area contributed by atoms with Gasteiger partial charge in [-0.1, -0.05) is 0 Å². The van der Waals surface area contributed by atoms with Crippen molar-refractivity contribution in [3.63, 3.8) is 0 Å². The molecule has 0 heterocycles. The van der Waals surface area contributed by atoms with E-state index >= 15 is 0 Å². The third-order valence-electron chi connectivity index (χ3n) is 3.65. The Kier molecular flexibility index (Phi) is 5.04. The van der Waals surface area contributed by atoms with Crippen molar-refractivity contribution >= 4 is 17.6 Å². The highest BCUT2D eigenvalue weighted by molar-refractivity contribution is 6.09. The number of nitrogens with one attached hydrogen (secondary N) is 1. The molecule has 0 fully saturated rings. The van der Waals surface area contributed by atoms with Crippen LogP contribution in [0.2, 0.25) is 0 Å². The fourth-order valence-corrected chi connectivity index (χ4v) is 2.50. The van der Waals surface area contributed by atoms with Gasteiger partial charge in [0.2, 0.25) is 0 Å². The largest absolute Gasteiger partial charge is 0.497 e. The van der Waals surface area contributed by atoms with E-state index in [-0.39, 0.29) is 5.57 Å². The van der Waals surface area contributed by atoms with Crippen molar-refractivity contribution in [1.82, 2.24) is 0 Å². The van der Waals surface area contributed by atoms with Crippen LogP contribution in [0.25, 0.3) is 0 Å². The zero-order chi connectivity index (χ0) is 16.1. The van der Waals surface area contributed by atoms with Gasteiger partial charge in [0.05, 0.1) is 19.9 Å². The fourth-order valence-electron chi connectivity index (χ4n) is 2.50. The number of anilines is 1. The summed E-state index contributed by atoms with van der Waals surface area (Å²) in [6, 6.07) is 5.04. The Labute approximate surface area is 128 Å². The molecule has 0 saturated carbocycles. The van der Waals surface area contributed by atoms with Crippen molar-refractivity contribution in [3.8, 4) is 11.5 Å². The molecular formula is C16H19NO5. The molecule has 0 saturated heterocycles. The van der Waals surface area contributed by atoms with Crippen LogP contribution in [0.5, 0.6) is 11.5 Å². The van der Waals surface area contributed by atoms with Crippen molar-refractivity contribution in [1.29, 1.82) is 0 Å².